The van der Waals surface area contributed by atoms with Gasteiger partial charge in [-0.25, -0.2) is 4.79 Å². The predicted octanol–water partition coefficient (Wildman–Crippen LogP) is 3.16. The van der Waals surface area contributed by atoms with Gasteiger partial charge < -0.3 is 10.5 Å². The van der Waals surface area contributed by atoms with Crippen LogP contribution in [-0.2, 0) is 4.74 Å². The summed E-state index contributed by atoms with van der Waals surface area (Å²) in [4.78, 5) is 11.5. The summed E-state index contributed by atoms with van der Waals surface area (Å²) in [7, 11) is 1.38. The predicted molar refractivity (Wildman–Crippen MR) is 75.8 cm³/mol. The van der Waals surface area contributed by atoms with E-state index in [1.54, 1.807) is 6.07 Å². The maximum atomic E-state index is 11.5. The van der Waals surface area contributed by atoms with E-state index in [1.807, 2.05) is 49.4 Å². The summed E-state index contributed by atoms with van der Waals surface area (Å²) >= 11 is 0. The van der Waals surface area contributed by atoms with Gasteiger partial charge in [0.05, 0.1) is 12.7 Å². The summed E-state index contributed by atoms with van der Waals surface area (Å²) in [6.45, 7) is 1.95. The molecule has 0 aliphatic heterocycles. The molecule has 0 fully saturated rings. The number of carbonyl (C=O) groups is 1. The van der Waals surface area contributed by atoms with Gasteiger partial charge in [0, 0.05) is 6.04 Å². The summed E-state index contributed by atoms with van der Waals surface area (Å²) < 4.78 is 4.73. The van der Waals surface area contributed by atoms with E-state index in [0.717, 1.165) is 16.7 Å². The van der Waals surface area contributed by atoms with Crippen LogP contribution in [0.5, 0.6) is 0 Å². The minimum atomic E-state index is -0.329. The summed E-state index contributed by atoms with van der Waals surface area (Å²) in [6, 6.07) is 15.4. The fraction of sp³-hybridized carbons (Fsp3) is 0.188. The van der Waals surface area contributed by atoms with Crippen molar-refractivity contribution in [3.8, 4) is 11.1 Å². The lowest BCUT2D eigenvalue weighted by Crippen LogP contribution is -2.04. The molecule has 2 rings (SSSR count). The maximum Gasteiger partial charge on any atom is 0.337 e. The Bertz CT molecular complexity index is 591. The molecule has 2 aromatic rings. The number of nitrogens with two attached hydrogens (primary N) is 1. The average Bonchev–Trinajstić information content (AvgIpc) is 2.46. The Morgan fingerprint density at radius 3 is 2.37 bits per heavy atom. The van der Waals surface area contributed by atoms with Gasteiger partial charge in [-0.2, -0.15) is 0 Å². The number of hydrogen-bond acceptors (Lipinski definition) is 3. The fourth-order valence-electron chi connectivity index (χ4n) is 1.95. The van der Waals surface area contributed by atoms with E-state index in [9.17, 15) is 4.79 Å². The molecule has 3 heteroatoms. The molecule has 0 radical (unpaired) electrons. The second-order valence-electron chi connectivity index (χ2n) is 4.49. The molecule has 0 saturated carbocycles. The van der Waals surface area contributed by atoms with Crippen LogP contribution in [0.15, 0.2) is 48.5 Å². The number of ether oxygens (including phenoxy) is 1. The minimum Gasteiger partial charge on any atom is -0.465 e. The number of esters is 1. The van der Waals surface area contributed by atoms with Crippen molar-refractivity contribution >= 4 is 5.97 Å². The van der Waals surface area contributed by atoms with E-state index in [4.69, 9.17) is 10.5 Å². The second kappa shape index (κ2) is 5.67. The lowest BCUT2D eigenvalue weighted by molar-refractivity contribution is 0.0601. The standard InChI is InChI=1S/C16H17NO2/c1-11(17)12-5-3-6-13(9-12)14-7-4-8-15(10-14)16(18)19-2/h3-11H,17H2,1-2H3/t11-/m0/s1. The Balaban J connectivity index is 2.41. The van der Waals surface area contributed by atoms with Crippen molar-refractivity contribution in [2.45, 2.75) is 13.0 Å². The average molecular weight is 255 g/mol. The number of methoxy groups -OCH3 is 1. The summed E-state index contributed by atoms with van der Waals surface area (Å²) in [5.74, 6) is -0.329. The van der Waals surface area contributed by atoms with Crippen molar-refractivity contribution in [1.82, 2.24) is 0 Å². The molecular formula is C16H17NO2. The maximum absolute atomic E-state index is 11.5. The molecule has 2 N–H and O–H groups in total. The van der Waals surface area contributed by atoms with E-state index in [2.05, 4.69) is 0 Å². The first-order chi connectivity index (χ1) is 9.11. The van der Waals surface area contributed by atoms with Gasteiger partial charge in [-0.3, -0.25) is 0 Å². The number of carbonyl (C=O) groups excluding carboxylic acids is 1. The third-order valence-corrected chi connectivity index (χ3v) is 3.03. The summed E-state index contributed by atoms with van der Waals surface area (Å²) in [5, 5.41) is 0. The molecule has 0 bridgehead atoms. The van der Waals surface area contributed by atoms with Gasteiger partial charge in [0.15, 0.2) is 0 Å². The monoisotopic (exact) mass is 255 g/mol. The third kappa shape index (κ3) is 3.01. The zero-order chi connectivity index (χ0) is 13.8. The van der Waals surface area contributed by atoms with E-state index >= 15 is 0 Å². The lowest BCUT2D eigenvalue weighted by atomic mass is 9.99. The van der Waals surface area contributed by atoms with Crippen LogP contribution in [0.25, 0.3) is 11.1 Å². The summed E-state index contributed by atoms with van der Waals surface area (Å²) in [5.41, 5.74) is 9.52. The Labute approximate surface area is 113 Å². The van der Waals surface area contributed by atoms with E-state index < -0.39 is 0 Å². The molecule has 1 atom stereocenters. The highest BCUT2D eigenvalue weighted by Crippen LogP contribution is 2.23. The molecule has 0 aliphatic rings. The topological polar surface area (TPSA) is 52.3 Å². The van der Waals surface area contributed by atoms with Crippen LogP contribution < -0.4 is 5.73 Å². The zero-order valence-electron chi connectivity index (χ0n) is 11.1. The Kier molecular flexibility index (Phi) is 3.97. The molecule has 3 nitrogen and oxygen atoms in total. The Morgan fingerprint density at radius 2 is 1.74 bits per heavy atom. The minimum absolute atomic E-state index is 0.0104. The smallest absolute Gasteiger partial charge is 0.337 e. The molecule has 0 heterocycles. The molecule has 19 heavy (non-hydrogen) atoms. The van der Waals surface area contributed by atoms with Crippen LogP contribution >= 0.6 is 0 Å². The molecule has 98 valence electrons. The number of hydrogen-bond donors (Lipinski definition) is 1. The first kappa shape index (κ1) is 13.3. The van der Waals surface area contributed by atoms with Crippen LogP contribution in [0.3, 0.4) is 0 Å². The van der Waals surface area contributed by atoms with Crippen LogP contribution in [-0.4, -0.2) is 13.1 Å². The molecule has 0 saturated heterocycles. The van der Waals surface area contributed by atoms with Crippen LogP contribution in [0.1, 0.15) is 28.9 Å². The fourth-order valence-corrected chi connectivity index (χ4v) is 1.95. The molecule has 0 spiro atoms. The molecule has 0 aliphatic carbocycles. The molecule has 0 amide bonds. The normalized spacial score (nSPS) is 11.9. The highest BCUT2D eigenvalue weighted by molar-refractivity contribution is 5.91. The van der Waals surface area contributed by atoms with Crippen molar-refractivity contribution in [2.24, 2.45) is 5.73 Å². The SMILES string of the molecule is COC(=O)c1cccc(-c2cccc([C@H](C)N)c2)c1. The van der Waals surface area contributed by atoms with Gasteiger partial charge in [-0.05, 0) is 41.8 Å². The summed E-state index contributed by atoms with van der Waals surface area (Å²) in [6.07, 6.45) is 0. The van der Waals surface area contributed by atoms with Crippen molar-refractivity contribution in [3.05, 3.63) is 59.7 Å². The lowest BCUT2D eigenvalue weighted by Gasteiger charge is -2.09. The van der Waals surface area contributed by atoms with Gasteiger partial charge in [0.2, 0.25) is 0 Å². The van der Waals surface area contributed by atoms with E-state index in [-0.39, 0.29) is 12.0 Å². The van der Waals surface area contributed by atoms with Crippen molar-refractivity contribution in [2.75, 3.05) is 7.11 Å². The Hall–Kier alpha value is -2.13. The quantitative estimate of drug-likeness (QED) is 0.857. The third-order valence-electron chi connectivity index (χ3n) is 3.03. The van der Waals surface area contributed by atoms with Gasteiger partial charge in [-0.15, -0.1) is 0 Å². The molecular weight excluding hydrogens is 238 g/mol. The number of benzene rings is 2. The first-order valence-corrected chi connectivity index (χ1v) is 6.16. The van der Waals surface area contributed by atoms with Crippen LogP contribution in [0.2, 0.25) is 0 Å². The van der Waals surface area contributed by atoms with Gasteiger partial charge in [-0.1, -0.05) is 30.3 Å². The van der Waals surface area contributed by atoms with Crippen molar-refractivity contribution < 1.29 is 9.53 Å². The van der Waals surface area contributed by atoms with Crippen molar-refractivity contribution in [1.29, 1.82) is 0 Å². The van der Waals surface area contributed by atoms with Gasteiger partial charge in [0.1, 0.15) is 0 Å². The van der Waals surface area contributed by atoms with E-state index in [0.29, 0.717) is 5.56 Å². The highest BCUT2D eigenvalue weighted by atomic mass is 16.5. The molecule has 0 unspecified atom stereocenters. The second-order valence-corrected chi connectivity index (χ2v) is 4.49. The van der Waals surface area contributed by atoms with Crippen LogP contribution in [0.4, 0.5) is 0 Å². The van der Waals surface area contributed by atoms with E-state index in [1.165, 1.54) is 7.11 Å². The van der Waals surface area contributed by atoms with Gasteiger partial charge >= 0.3 is 5.97 Å². The largest absolute Gasteiger partial charge is 0.465 e. The van der Waals surface area contributed by atoms with Gasteiger partial charge in [0.25, 0.3) is 0 Å². The Morgan fingerprint density at radius 1 is 1.11 bits per heavy atom. The zero-order valence-corrected chi connectivity index (χ0v) is 11.1. The molecule has 0 aromatic heterocycles. The molecule has 2 aromatic carbocycles. The van der Waals surface area contributed by atoms with Crippen molar-refractivity contribution in [3.63, 3.8) is 0 Å². The highest BCUT2D eigenvalue weighted by Gasteiger charge is 2.07. The van der Waals surface area contributed by atoms with Crippen LogP contribution in [0, 0.1) is 0 Å². The first-order valence-electron chi connectivity index (χ1n) is 6.16. The number of rotatable bonds is 3.